The van der Waals surface area contributed by atoms with Gasteiger partial charge in [0.05, 0.1) is 15.5 Å². The van der Waals surface area contributed by atoms with E-state index in [0.29, 0.717) is 4.57 Å². The van der Waals surface area contributed by atoms with Crippen LogP contribution in [-0.2, 0) is 6.42 Å². The number of rotatable bonds is 6. The third-order valence-corrected chi connectivity index (χ3v) is 3.33. The van der Waals surface area contributed by atoms with Crippen LogP contribution >= 0.6 is 11.6 Å². The van der Waals surface area contributed by atoms with E-state index in [2.05, 4.69) is 10.3 Å². The lowest BCUT2D eigenvalue weighted by Gasteiger charge is -2.08. The summed E-state index contributed by atoms with van der Waals surface area (Å²) in [6.45, 7) is -2.68. The van der Waals surface area contributed by atoms with Gasteiger partial charge in [-0.05, 0) is 6.07 Å². The topological polar surface area (TPSA) is 90.1 Å². The van der Waals surface area contributed by atoms with E-state index in [1.807, 2.05) is 0 Å². The SMILES string of the molecule is O=C(NCCc1nccn1C(F)F)c1cc([N+](=O)[O-])ccc1Cl. The van der Waals surface area contributed by atoms with Crippen LogP contribution in [0.5, 0.6) is 0 Å². The zero-order valence-electron chi connectivity index (χ0n) is 11.6. The Kier molecular flexibility index (Phi) is 5.22. The standard InChI is InChI=1S/C13H11ClF2N4O3/c14-10-2-1-8(20(22)23)7-9(10)12(21)18-4-3-11-17-5-6-19(11)13(15)16/h1-2,5-7,13H,3-4H2,(H,18,21). The maximum Gasteiger partial charge on any atom is 0.319 e. The largest absolute Gasteiger partial charge is 0.352 e. The van der Waals surface area contributed by atoms with Crippen LogP contribution in [0.25, 0.3) is 0 Å². The summed E-state index contributed by atoms with van der Waals surface area (Å²) in [5.74, 6) is -0.515. The van der Waals surface area contributed by atoms with Crippen LogP contribution in [0.1, 0.15) is 22.7 Å². The van der Waals surface area contributed by atoms with Crippen LogP contribution in [0.15, 0.2) is 30.6 Å². The number of carbonyl (C=O) groups excluding carboxylic acids is 1. The Morgan fingerprint density at radius 1 is 1.48 bits per heavy atom. The minimum Gasteiger partial charge on any atom is -0.352 e. The van der Waals surface area contributed by atoms with Gasteiger partial charge in [0.15, 0.2) is 0 Å². The molecule has 1 aromatic heterocycles. The molecular formula is C13H11ClF2N4O3. The molecule has 2 rings (SSSR count). The van der Waals surface area contributed by atoms with Crippen molar-refractivity contribution >= 4 is 23.2 Å². The molecule has 1 aromatic carbocycles. The molecule has 0 aliphatic heterocycles. The molecule has 10 heteroatoms. The lowest BCUT2D eigenvalue weighted by molar-refractivity contribution is -0.384. The molecule has 0 bridgehead atoms. The van der Waals surface area contributed by atoms with Crippen LogP contribution in [-0.4, -0.2) is 26.9 Å². The molecule has 0 unspecified atom stereocenters. The number of non-ortho nitro benzene ring substituents is 1. The van der Waals surface area contributed by atoms with Gasteiger partial charge in [0.2, 0.25) is 0 Å². The molecule has 7 nitrogen and oxygen atoms in total. The van der Waals surface area contributed by atoms with Crippen LogP contribution in [0.2, 0.25) is 5.02 Å². The van der Waals surface area contributed by atoms with Gasteiger partial charge in [-0.25, -0.2) is 4.98 Å². The highest BCUT2D eigenvalue weighted by atomic mass is 35.5. The van der Waals surface area contributed by atoms with Crippen LogP contribution < -0.4 is 5.32 Å². The monoisotopic (exact) mass is 344 g/mol. The van der Waals surface area contributed by atoms with E-state index in [-0.39, 0.29) is 35.1 Å². The number of hydrogen-bond donors (Lipinski definition) is 1. The first-order chi connectivity index (χ1) is 10.9. The maximum atomic E-state index is 12.6. The molecule has 1 amide bonds. The fourth-order valence-corrected chi connectivity index (χ4v) is 2.10. The number of imidazole rings is 1. The highest BCUT2D eigenvalue weighted by molar-refractivity contribution is 6.33. The first-order valence-electron chi connectivity index (χ1n) is 6.42. The number of amides is 1. The molecule has 0 saturated heterocycles. The number of halogens is 3. The van der Waals surface area contributed by atoms with Crippen molar-refractivity contribution in [3.63, 3.8) is 0 Å². The second kappa shape index (κ2) is 7.14. The molecule has 0 saturated carbocycles. The Hall–Kier alpha value is -2.55. The summed E-state index contributed by atoms with van der Waals surface area (Å²) in [7, 11) is 0. The van der Waals surface area contributed by atoms with Crippen molar-refractivity contribution in [2.24, 2.45) is 0 Å². The Labute approximate surface area is 134 Å². The Morgan fingerprint density at radius 2 is 2.22 bits per heavy atom. The third kappa shape index (κ3) is 4.01. The van der Waals surface area contributed by atoms with E-state index < -0.39 is 17.4 Å². The quantitative estimate of drug-likeness (QED) is 0.644. The summed E-state index contributed by atoms with van der Waals surface area (Å²) in [5, 5.41) is 13.2. The van der Waals surface area contributed by atoms with Gasteiger partial charge in [-0.2, -0.15) is 8.78 Å². The molecule has 0 aliphatic rings. The highest BCUT2D eigenvalue weighted by Crippen LogP contribution is 2.22. The molecule has 1 heterocycles. The molecule has 1 N–H and O–H groups in total. The Balaban J connectivity index is 2.01. The van der Waals surface area contributed by atoms with Crippen molar-refractivity contribution in [3.05, 3.63) is 57.1 Å². The van der Waals surface area contributed by atoms with Crippen molar-refractivity contribution in [2.75, 3.05) is 6.54 Å². The molecule has 0 aliphatic carbocycles. The maximum absolute atomic E-state index is 12.6. The van der Waals surface area contributed by atoms with Gasteiger partial charge in [0.25, 0.3) is 11.6 Å². The number of benzene rings is 1. The highest BCUT2D eigenvalue weighted by Gasteiger charge is 2.16. The molecule has 2 aromatic rings. The first-order valence-corrected chi connectivity index (χ1v) is 6.80. The van der Waals surface area contributed by atoms with Crippen molar-refractivity contribution in [2.45, 2.75) is 13.0 Å². The summed E-state index contributed by atoms with van der Waals surface area (Å²) in [4.78, 5) is 25.8. The Morgan fingerprint density at radius 3 is 2.87 bits per heavy atom. The summed E-state index contributed by atoms with van der Waals surface area (Å²) >= 11 is 5.84. The zero-order valence-corrected chi connectivity index (χ0v) is 12.3. The molecule has 0 spiro atoms. The molecule has 0 atom stereocenters. The van der Waals surface area contributed by atoms with Gasteiger partial charge in [-0.1, -0.05) is 11.6 Å². The molecule has 0 radical (unpaired) electrons. The number of hydrogen-bond acceptors (Lipinski definition) is 4. The van der Waals surface area contributed by atoms with Gasteiger partial charge in [0.1, 0.15) is 5.82 Å². The van der Waals surface area contributed by atoms with Crippen molar-refractivity contribution in [1.82, 2.24) is 14.9 Å². The van der Waals surface area contributed by atoms with Crippen molar-refractivity contribution in [3.8, 4) is 0 Å². The lowest BCUT2D eigenvalue weighted by atomic mass is 10.2. The lowest BCUT2D eigenvalue weighted by Crippen LogP contribution is -2.27. The minimum atomic E-state index is -2.71. The molecule has 122 valence electrons. The van der Waals surface area contributed by atoms with E-state index in [0.717, 1.165) is 12.3 Å². The van der Waals surface area contributed by atoms with Gasteiger partial charge in [0, 0.05) is 37.5 Å². The summed E-state index contributed by atoms with van der Waals surface area (Å²) < 4.78 is 26.0. The van der Waals surface area contributed by atoms with Crippen molar-refractivity contribution in [1.29, 1.82) is 0 Å². The predicted molar refractivity (Wildman–Crippen MR) is 77.6 cm³/mol. The molecular weight excluding hydrogens is 334 g/mol. The van der Waals surface area contributed by atoms with Crippen LogP contribution in [0.3, 0.4) is 0 Å². The number of carbonyl (C=O) groups is 1. The third-order valence-electron chi connectivity index (χ3n) is 3.00. The van der Waals surface area contributed by atoms with E-state index in [4.69, 9.17) is 11.6 Å². The number of nitrogens with zero attached hydrogens (tertiary/aromatic N) is 3. The van der Waals surface area contributed by atoms with E-state index in [9.17, 15) is 23.7 Å². The fourth-order valence-electron chi connectivity index (χ4n) is 1.90. The number of nitro groups is 1. The molecule has 0 fully saturated rings. The van der Waals surface area contributed by atoms with Crippen molar-refractivity contribution < 1.29 is 18.5 Å². The average Bonchev–Trinajstić information content (AvgIpc) is 2.96. The van der Waals surface area contributed by atoms with Gasteiger partial charge in [-0.3, -0.25) is 19.5 Å². The normalized spacial score (nSPS) is 10.8. The Bertz CT molecular complexity index is 736. The van der Waals surface area contributed by atoms with E-state index in [1.165, 1.54) is 18.3 Å². The van der Waals surface area contributed by atoms with Gasteiger partial charge in [-0.15, -0.1) is 0 Å². The number of aromatic nitrogens is 2. The summed E-state index contributed by atoms with van der Waals surface area (Å²) in [6, 6.07) is 3.48. The average molecular weight is 345 g/mol. The number of alkyl halides is 2. The van der Waals surface area contributed by atoms with Gasteiger partial charge < -0.3 is 5.32 Å². The van der Waals surface area contributed by atoms with Crippen LogP contribution in [0.4, 0.5) is 14.5 Å². The van der Waals surface area contributed by atoms with Gasteiger partial charge >= 0.3 is 6.55 Å². The summed E-state index contributed by atoms with van der Waals surface area (Å²) in [6.07, 6.45) is 2.45. The molecule has 23 heavy (non-hydrogen) atoms. The summed E-state index contributed by atoms with van der Waals surface area (Å²) in [5.41, 5.74) is -0.328. The second-order valence-electron chi connectivity index (χ2n) is 4.46. The van der Waals surface area contributed by atoms with E-state index >= 15 is 0 Å². The number of nitro benzene ring substituents is 1. The predicted octanol–water partition coefficient (Wildman–Crippen LogP) is 2.81. The second-order valence-corrected chi connectivity index (χ2v) is 4.86. The van der Waals surface area contributed by atoms with E-state index in [1.54, 1.807) is 0 Å². The zero-order chi connectivity index (χ0) is 17.0. The minimum absolute atomic E-state index is 0.0294. The number of nitrogens with one attached hydrogen (secondary N) is 1. The van der Waals surface area contributed by atoms with Crippen LogP contribution in [0, 0.1) is 10.1 Å². The first kappa shape index (κ1) is 16.8. The smallest absolute Gasteiger partial charge is 0.319 e. The fraction of sp³-hybridized carbons (Fsp3) is 0.231.